The maximum atomic E-state index is 12.5. The fourth-order valence-corrected chi connectivity index (χ4v) is 2.68. The zero-order valence-electron chi connectivity index (χ0n) is 13.0. The third-order valence-electron chi connectivity index (χ3n) is 3.92. The van der Waals surface area contributed by atoms with Crippen LogP contribution in [0, 0.1) is 0 Å². The van der Waals surface area contributed by atoms with Gasteiger partial charge in [-0.05, 0) is 56.7 Å². The van der Waals surface area contributed by atoms with Crippen LogP contribution in [0.1, 0.15) is 61.9 Å². The van der Waals surface area contributed by atoms with Gasteiger partial charge in [0.2, 0.25) is 0 Å². The number of hydrogen-bond donors (Lipinski definition) is 0. The zero-order chi connectivity index (χ0) is 15.3. The number of carbonyl (C=O) groups excluding carboxylic acids is 1. The molecule has 0 aromatic heterocycles. The molecule has 0 aliphatic heterocycles. The van der Waals surface area contributed by atoms with Gasteiger partial charge in [0.15, 0.2) is 0 Å². The van der Waals surface area contributed by atoms with E-state index in [1.165, 1.54) is 0 Å². The maximum absolute atomic E-state index is 12.5. The van der Waals surface area contributed by atoms with Crippen LogP contribution >= 0.6 is 0 Å². The predicted octanol–water partition coefficient (Wildman–Crippen LogP) is 4.61. The normalized spacial score (nSPS) is 16.5. The van der Waals surface area contributed by atoms with E-state index < -0.39 is 0 Å². The van der Waals surface area contributed by atoms with Crippen LogP contribution in [0.5, 0.6) is 5.75 Å². The lowest BCUT2D eigenvalue weighted by Gasteiger charge is -2.24. The number of benzene rings is 1. The average molecular weight is 288 g/mol. The summed E-state index contributed by atoms with van der Waals surface area (Å²) in [4.78, 5) is 12.5. The highest BCUT2D eigenvalue weighted by atomic mass is 16.6. The number of esters is 1. The Balaban J connectivity index is 2.22. The molecule has 1 aromatic carbocycles. The Bertz CT molecular complexity index is 513. The Hall–Kier alpha value is -1.77. The standard InChI is InChI=1S/C18H24O3/c1-4-12-20-16-9-8-14(5-2)13-15(16)17(19)21-18(3)10-6-7-11-18/h5,8-9,13H,2,4,6-7,10-12H2,1,3H3. The fraction of sp³-hybridized carbons (Fsp3) is 0.500. The summed E-state index contributed by atoms with van der Waals surface area (Å²) in [6.07, 6.45) is 6.73. The van der Waals surface area contributed by atoms with Crippen LogP contribution in [0.2, 0.25) is 0 Å². The number of hydrogen-bond acceptors (Lipinski definition) is 3. The Morgan fingerprint density at radius 1 is 1.38 bits per heavy atom. The summed E-state index contributed by atoms with van der Waals surface area (Å²) in [5.74, 6) is 0.295. The van der Waals surface area contributed by atoms with Gasteiger partial charge in [0.05, 0.1) is 6.61 Å². The SMILES string of the molecule is C=Cc1ccc(OCCC)c(C(=O)OC2(C)CCCC2)c1. The maximum Gasteiger partial charge on any atom is 0.342 e. The molecule has 21 heavy (non-hydrogen) atoms. The van der Waals surface area contributed by atoms with Crippen molar-refractivity contribution in [2.45, 2.75) is 51.6 Å². The number of ether oxygens (including phenoxy) is 2. The van der Waals surface area contributed by atoms with Gasteiger partial charge in [0.25, 0.3) is 0 Å². The van der Waals surface area contributed by atoms with Gasteiger partial charge >= 0.3 is 5.97 Å². The second kappa shape index (κ2) is 6.79. The van der Waals surface area contributed by atoms with Crippen molar-refractivity contribution in [2.75, 3.05) is 6.61 Å². The molecule has 0 saturated heterocycles. The van der Waals surface area contributed by atoms with Crippen LogP contribution in [0.3, 0.4) is 0 Å². The van der Waals surface area contributed by atoms with Crippen molar-refractivity contribution in [1.82, 2.24) is 0 Å². The number of carbonyl (C=O) groups is 1. The topological polar surface area (TPSA) is 35.5 Å². The summed E-state index contributed by atoms with van der Waals surface area (Å²) in [6, 6.07) is 5.50. The van der Waals surface area contributed by atoms with Gasteiger partial charge in [0.1, 0.15) is 16.9 Å². The van der Waals surface area contributed by atoms with Gasteiger partial charge in [-0.3, -0.25) is 0 Å². The molecular weight excluding hydrogens is 264 g/mol. The molecule has 2 rings (SSSR count). The molecule has 0 unspecified atom stereocenters. The summed E-state index contributed by atoms with van der Waals surface area (Å²) < 4.78 is 11.4. The van der Waals surface area contributed by atoms with Gasteiger partial charge in [-0.2, -0.15) is 0 Å². The predicted molar refractivity (Wildman–Crippen MR) is 84.6 cm³/mol. The molecule has 114 valence electrons. The lowest BCUT2D eigenvalue weighted by Crippen LogP contribution is -2.28. The summed E-state index contributed by atoms with van der Waals surface area (Å²) in [7, 11) is 0. The van der Waals surface area contributed by atoms with Crippen LogP contribution in [-0.4, -0.2) is 18.2 Å². The zero-order valence-corrected chi connectivity index (χ0v) is 13.0. The largest absolute Gasteiger partial charge is 0.493 e. The Labute approximate surface area is 127 Å². The van der Waals surface area contributed by atoms with Gasteiger partial charge in [-0.1, -0.05) is 25.6 Å². The van der Waals surface area contributed by atoms with Crippen molar-refractivity contribution in [2.24, 2.45) is 0 Å². The molecular formula is C18H24O3. The van der Waals surface area contributed by atoms with Crippen molar-refractivity contribution in [3.05, 3.63) is 35.9 Å². The molecule has 1 aromatic rings. The molecule has 0 atom stereocenters. The van der Waals surface area contributed by atoms with Crippen molar-refractivity contribution in [3.8, 4) is 5.75 Å². The first-order valence-corrected chi connectivity index (χ1v) is 7.70. The van der Waals surface area contributed by atoms with E-state index in [9.17, 15) is 4.79 Å². The highest BCUT2D eigenvalue weighted by Crippen LogP contribution is 2.34. The van der Waals surface area contributed by atoms with Crippen LogP contribution in [-0.2, 0) is 4.74 Å². The molecule has 1 fully saturated rings. The van der Waals surface area contributed by atoms with E-state index in [0.717, 1.165) is 37.7 Å². The van der Waals surface area contributed by atoms with Crippen molar-refractivity contribution < 1.29 is 14.3 Å². The summed E-state index contributed by atoms with van der Waals surface area (Å²) in [6.45, 7) is 8.39. The van der Waals surface area contributed by atoms with E-state index in [1.807, 2.05) is 26.0 Å². The molecule has 0 radical (unpaired) electrons. The minimum absolute atomic E-state index is 0.297. The Morgan fingerprint density at radius 2 is 2.10 bits per heavy atom. The van der Waals surface area contributed by atoms with Gasteiger partial charge in [0, 0.05) is 0 Å². The second-order valence-corrected chi connectivity index (χ2v) is 5.85. The molecule has 0 heterocycles. The Kier molecular flexibility index (Phi) is 5.05. The van der Waals surface area contributed by atoms with Crippen LogP contribution in [0.4, 0.5) is 0 Å². The monoisotopic (exact) mass is 288 g/mol. The van der Waals surface area contributed by atoms with Crippen molar-refractivity contribution in [3.63, 3.8) is 0 Å². The van der Waals surface area contributed by atoms with Crippen molar-refractivity contribution >= 4 is 12.0 Å². The highest BCUT2D eigenvalue weighted by Gasteiger charge is 2.33. The molecule has 1 aliphatic rings. The number of rotatable bonds is 6. The first-order chi connectivity index (χ1) is 10.1. The molecule has 3 heteroatoms. The van der Waals surface area contributed by atoms with Crippen LogP contribution in [0.25, 0.3) is 6.08 Å². The smallest absolute Gasteiger partial charge is 0.342 e. The average Bonchev–Trinajstić information content (AvgIpc) is 2.91. The summed E-state index contributed by atoms with van der Waals surface area (Å²) in [5, 5.41) is 0. The van der Waals surface area contributed by atoms with Gasteiger partial charge in [-0.25, -0.2) is 4.79 Å². The van der Waals surface area contributed by atoms with E-state index in [2.05, 4.69) is 6.58 Å². The molecule has 3 nitrogen and oxygen atoms in total. The lowest BCUT2D eigenvalue weighted by molar-refractivity contribution is -0.00642. The molecule has 1 saturated carbocycles. The quantitative estimate of drug-likeness (QED) is 0.717. The first kappa shape index (κ1) is 15.6. The van der Waals surface area contributed by atoms with Gasteiger partial charge in [-0.15, -0.1) is 0 Å². The molecule has 0 N–H and O–H groups in total. The van der Waals surface area contributed by atoms with E-state index >= 15 is 0 Å². The van der Waals surface area contributed by atoms with E-state index in [1.54, 1.807) is 12.1 Å². The third-order valence-corrected chi connectivity index (χ3v) is 3.92. The molecule has 0 spiro atoms. The molecule has 1 aliphatic carbocycles. The van der Waals surface area contributed by atoms with Gasteiger partial charge < -0.3 is 9.47 Å². The fourth-order valence-electron chi connectivity index (χ4n) is 2.68. The minimum atomic E-state index is -0.330. The van der Waals surface area contributed by atoms with Crippen LogP contribution in [0.15, 0.2) is 24.8 Å². The third kappa shape index (κ3) is 3.87. The molecule has 0 bridgehead atoms. The molecule has 0 amide bonds. The minimum Gasteiger partial charge on any atom is -0.493 e. The Morgan fingerprint density at radius 3 is 2.71 bits per heavy atom. The van der Waals surface area contributed by atoms with Crippen LogP contribution < -0.4 is 4.74 Å². The van der Waals surface area contributed by atoms with E-state index in [0.29, 0.717) is 17.9 Å². The second-order valence-electron chi connectivity index (χ2n) is 5.85. The highest BCUT2D eigenvalue weighted by molar-refractivity contribution is 5.93. The summed E-state index contributed by atoms with van der Waals surface area (Å²) >= 11 is 0. The van der Waals surface area contributed by atoms with Crippen molar-refractivity contribution in [1.29, 1.82) is 0 Å². The first-order valence-electron chi connectivity index (χ1n) is 7.70. The van der Waals surface area contributed by atoms with E-state index in [-0.39, 0.29) is 11.6 Å². The lowest BCUT2D eigenvalue weighted by atomic mass is 10.0. The van der Waals surface area contributed by atoms with E-state index in [4.69, 9.17) is 9.47 Å². The summed E-state index contributed by atoms with van der Waals surface area (Å²) in [5.41, 5.74) is 1.06.